The van der Waals surface area contributed by atoms with Gasteiger partial charge in [-0.3, -0.25) is 4.55 Å². The number of hydrogen-bond acceptors (Lipinski definition) is 6. The van der Waals surface area contributed by atoms with Crippen molar-refractivity contribution in [2.45, 2.75) is 111 Å². The van der Waals surface area contributed by atoms with Crippen LogP contribution in [0.25, 0.3) is 0 Å². The zero-order valence-corrected chi connectivity index (χ0v) is 23.4. The quantitative estimate of drug-likeness (QED) is 0.267. The van der Waals surface area contributed by atoms with Gasteiger partial charge in [0.2, 0.25) is 0 Å². The lowest BCUT2D eigenvalue weighted by molar-refractivity contribution is -0.165. The zero-order valence-electron chi connectivity index (χ0n) is 22.6. The number of allylic oxidation sites excluding steroid dienone is 2. The Morgan fingerprint density at radius 2 is 1.69 bits per heavy atom. The molecule has 0 bridgehead atoms. The first-order chi connectivity index (χ1) is 16.7. The van der Waals surface area contributed by atoms with Crippen molar-refractivity contribution < 1.29 is 32.1 Å². The van der Waals surface area contributed by atoms with Gasteiger partial charge in [0.1, 0.15) is 12.2 Å². The maximum atomic E-state index is 11.6. The molecule has 1 heterocycles. The molecule has 36 heavy (non-hydrogen) atoms. The Morgan fingerprint density at radius 3 is 2.33 bits per heavy atom. The molecule has 5 aliphatic rings. The van der Waals surface area contributed by atoms with Crippen molar-refractivity contribution in [3.05, 3.63) is 11.6 Å². The second-order valence-corrected chi connectivity index (χ2v) is 14.7. The van der Waals surface area contributed by atoms with Crippen LogP contribution in [0.15, 0.2) is 11.6 Å². The highest BCUT2D eigenvalue weighted by Gasteiger charge is 2.63. The van der Waals surface area contributed by atoms with Crippen LogP contribution < -0.4 is 0 Å². The molecule has 7 nitrogen and oxygen atoms in total. The number of aliphatic hydroxyl groups is 2. The fraction of sp³-hybridized carbons (Fsp3) is 0.929. The molecule has 4 aliphatic carbocycles. The van der Waals surface area contributed by atoms with Crippen LogP contribution in [-0.4, -0.2) is 53.7 Å². The fourth-order valence-corrected chi connectivity index (χ4v) is 9.90. The second kappa shape index (κ2) is 9.02. The molecule has 0 aromatic heterocycles. The van der Waals surface area contributed by atoms with Crippen molar-refractivity contribution in [2.75, 3.05) is 0 Å². The summed E-state index contributed by atoms with van der Waals surface area (Å²) in [6.07, 6.45) is 4.85. The van der Waals surface area contributed by atoms with E-state index >= 15 is 0 Å². The molecule has 0 amide bonds. The maximum absolute atomic E-state index is 11.6. The minimum absolute atomic E-state index is 0.208. The predicted molar refractivity (Wildman–Crippen MR) is 136 cm³/mol. The van der Waals surface area contributed by atoms with E-state index in [2.05, 4.69) is 47.6 Å². The molecule has 206 valence electrons. The lowest BCUT2D eigenvalue weighted by Crippen LogP contribution is -2.60. The van der Waals surface area contributed by atoms with E-state index in [4.69, 9.17) is 8.92 Å². The van der Waals surface area contributed by atoms with Gasteiger partial charge < -0.3 is 14.9 Å². The lowest BCUT2D eigenvalue weighted by atomic mass is 9.47. The third-order valence-corrected chi connectivity index (χ3v) is 12.2. The summed E-state index contributed by atoms with van der Waals surface area (Å²) in [7, 11) is -4.75. The van der Waals surface area contributed by atoms with E-state index in [1.165, 1.54) is 12.0 Å². The van der Waals surface area contributed by atoms with Gasteiger partial charge in [0.05, 0.1) is 18.3 Å². The molecule has 3 unspecified atom stereocenters. The third-order valence-electron chi connectivity index (χ3n) is 11.7. The Bertz CT molecular complexity index is 994. The molecule has 3 saturated carbocycles. The number of fused-ring (bicyclic) bond motifs is 5. The highest BCUT2D eigenvalue weighted by molar-refractivity contribution is 7.80. The normalized spacial score (nSPS) is 50.1. The third kappa shape index (κ3) is 4.22. The average molecular weight is 527 g/mol. The summed E-state index contributed by atoms with van der Waals surface area (Å²) in [5.74, 6) is 2.73. The maximum Gasteiger partial charge on any atom is 0.397 e. The van der Waals surface area contributed by atoms with E-state index in [1.54, 1.807) is 0 Å². The summed E-state index contributed by atoms with van der Waals surface area (Å²) < 4.78 is 43.8. The number of ether oxygens (including phenoxy) is 1. The summed E-state index contributed by atoms with van der Waals surface area (Å²) in [5.41, 5.74) is 1.27. The highest BCUT2D eigenvalue weighted by Crippen LogP contribution is 2.67. The fourth-order valence-electron chi connectivity index (χ4n) is 9.37. The van der Waals surface area contributed by atoms with Crippen LogP contribution in [0, 0.1) is 52.3 Å². The van der Waals surface area contributed by atoms with E-state index in [1.807, 2.05) is 0 Å². The Balaban J connectivity index is 1.39. The molecule has 4 fully saturated rings. The Morgan fingerprint density at radius 1 is 1.03 bits per heavy atom. The summed E-state index contributed by atoms with van der Waals surface area (Å²) >= 11 is 0. The van der Waals surface area contributed by atoms with Gasteiger partial charge in [0.25, 0.3) is 0 Å². The largest absolute Gasteiger partial charge is 0.397 e. The van der Waals surface area contributed by atoms with Crippen LogP contribution in [0.2, 0.25) is 0 Å². The van der Waals surface area contributed by atoms with Crippen molar-refractivity contribution >= 4 is 10.4 Å². The standard InChI is InChI=1S/C28H46O7S/c1-14(2)15(3)24-25(34-24)16(4)18-9-10-19-17-7-8-21-26(35-36(31,32)33)23(30)22(29)13-28(21,6)20(17)11-12-27(18,19)5/h7,14-16,18-26,29-30H,8-13H2,1-6H3,(H,31,32,33)/t15-,16+,18-,19?,20?,21?,22-,23+,24+,25+,26+,27-,28-/m1/s1. The Hall–Kier alpha value is -0.510. The molecule has 1 saturated heterocycles. The van der Waals surface area contributed by atoms with Crippen LogP contribution in [0.5, 0.6) is 0 Å². The highest BCUT2D eigenvalue weighted by atomic mass is 32.3. The lowest BCUT2D eigenvalue weighted by Gasteiger charge is -2.59. The molecular weight excluding hydrogens is 480 g/mol. The number of rotatable bonds is 6. The zero-order chi connectivity index (χ0) is 26.4. The molecule has 0 radical (unpaired) electrons. The van der Waals surface area contributed by atoms with Gasteiger partial charge in [-0.25, -0.2) is 4.18 Å². The van der Waals surface area contributed by atoms with Gasteiger partial charge in [-0.15, -0.1) is 0 Å². The summed E-state index contributed by atoms with van der Waals surface area (Å²) in [4.78, 5) is 0. The topological polar surface area (TPSA) is 117 Å². The second-order valence-electron chi connectivity index (χ2n) is 13.7. The van der Waals surface area contributed by atoms with Crippen LogP contribution >= 0.6 is 0 Å². The molecule has 13 atom stereocenters. The molecule has 0 aromatic carbocycles. The molecule has 5 rings (SSSR count). The minimum Gasteiger partial charge on any atom is -0.390 e. The van der Waals surface area contributed by atoms with Gasteiger partial charge in [0.15, 0.2) is 0 Å². The minimum atomic E-state index is -4.75. The van der Waals surface area contributed by atoms with Crippen LogP contribution in [0.1, 0.15) is 80.1 Å². The number of epoxide rings is 1. The monoisotopic (exact) mass is 526 g/mol. The van der Waals surface area contributed by atoms with Crippen molar-refractivity contribution in [2.24, 2.45) is 52.3 Å². The molecule has 0 spiro atoms. The van der Waals surface area contributed by atoms with E-state index < -0.39 is 34.1 Å². The van der Waals surface area contributed by atoms with Gasteiger partial charge >= 0.3 is 10.4 Å². The van der Waals surface area contributed by atoms with Gasteiger partial charge in [-0.05, 0) is 90.8 Å². The average Bonchev–Trinajstić information content (AvgIpc) is 3.49. The summed E-state index contributed by atoms with van der Waals surface area (Å²) in [6, 6.07) is 0. The Kier molecular flexibility index (Phi) is 6.78. The van der Waals surface area contributed by atoms with Crippen LogP contribution in [0.3, 0.4) is 0 Å². The van der Waals surface area contributed by atoms with Crippen LogP contribution in [0.4, 0.5) is 0 Å². The van der Waals surface area contributed by atoms with E-state index in [-0.39, 0.29) is 17.3 Å². The first-order valence-corrected chi connectivity index (χ1v) is 15.4. The first-order valence-electron chi connectivity index (χ1n) is 14.1. The molecule has 1 aliphatic heterocycles. The Labute approximate surface area is 217 Å². The molecule has 3 N–H and O–H groups in total. The smallest absolute Gasteiger partial charge is 0.390 e. The van der Waals surface area contributed by atoms with Gasteiger partial charge in [-0.2, -0.15) is 8.42 Å². The summed E-state index contributed by atoms with van der Waals surface area (Å²) in [5, 5.41) is 21.3. The van der Waals surface area contributed by atoms with E-state index in [9.17, 15) is 23.2 Å². The van der Waals surface area contributed by atoms with Gasteiger partial charge in [-0.1, -0.05) is 53.2 Å². The SMILES string of the molecule is CC(C)[C@@H](C)[C@@H]1O[C@H]1[C@@H](C)[C@H]1CCC2C3=CCC4[C@H](OS(=O)(=O)O)[C@@H](O)[C@H](O)C[C@]4(C)C3CC[C@@]21C. The van der Waals surface area contributed by atoms with Crippen molar-refractivity contribution in [1.82, 2.24) is 0 Å². The van der Waals surface area contributed by atoms with Crippen molar-refractivity contribution in [3.8, 4) is 0 Å². The van der Waals surface area contributed by atoms with Crippen molar-refractivity contribution in [3.63, 3.8) is 0 Å². The molecular formula is C28H46O7S. The summed E-state index contributed by atoms with van der Waals surface area (Å²) in [6.45, 7) is 13.9. The molecule has 8 heteroatoms. The van der Waals surface area contributed by atoms with Gasteiger partial charge in [0, 0.05) is 0 Å². The van der Waals surface area contributed by atoms with Crippen molar-refractivity contribution in [1.29, 1.82) is 0 Å². The first kappa shape index (κ1) is 27.1. The van der Waals surface area contributed by atoms with E-state index in [0.29, 0.717) is 54.6 Å². The predicted octanol–water partition coefficient (Wildman–Crippen LogP) is 4.39. The van der Waals surface area contributed by atoms with E-state index in [0.717, 1.165) is 19.3 Å². The number of hydrogen-bond donors (Lipinski definition) is 3. The molecule has 0 aromatic rings. The van der Waals surface area contributed by atoms with Crippen LogP contribution in [-0.2, 0) is 19.3 Å². The number of aliphatic hydroxyl groups excluding tert-OH is 2.